The molecule has 3 nitrogen and oxygen atoms in total. The minimum absolute atomic E-state index is 0.115. The predicted molar refractivity (Wildman–Crippen MR) is 102 cm³/mol. The summed E-state index contributed by atoms with van der Waals surface area (Å²) in [6.07, 6.45) is 1.55. The Balaban J connectivity index is 2.02. The third-order valence-electron chi connectivity index (χ3n) is 4.59. The fraction of sp³-hybridized carbons (Fsp3) is 0.316. The van der Waals surface area contributed by atoms with Crippen LogP contribution < -0.4 is 0 Å². The molecule has 0 saturated carbocycles. The molecule has 2 atom stereocenters. The molecule has 0 amide bonds. The average Bonchev–Trinajstić information content (AvgIpc) is 2.59. The van der Waals surface area contributed by atoms with Crippen LogP contribution in [-0.2, 0) is 4.79 Å². The lowest BCUT2D eigenvalue weighted by Crippen LogP contribution is -2.41. The van der Waals surface area contributed by atoms with Crippen molar-refractivity contribution in [1.82, 2.24) is 4.90 Å². The van der Waals surface area contributed by atoms with Gasteiger partial charge in [-0.05, 0) is 54.8 Å². The molecule has 132 valence electrons. The lowest BCUT2D eigenvalue weighted by Gasteiger charge is -2.37. The van der Waals surface area contributed by atoms with Gasteiger partial charge in [0.1, 0.15) is 0 Å². The number of aliphatic carboxylic acids is 1. The van der Waals surface area contributed by atoms with Gasteiger partial charge >= 0.3 is 5.97 Å². The van der Waals surface area contributed by atoms with Crippen LogP contribution in [0.25, 0.3) is 0 Å². The second-order valence-electron chi connectivity index (χ2n) is 6.30. The topological polar surface area (TPSA) is 40.5 Å². The Hall–Kier alpha value is -1.26. The van der Waals surface area contributed by atoms with E-state index in [0.29, 0.717) is 28.0 Å². The largest absolute Gasteiger partial charge is 0.481 e. The minimum Gasteiger partial charge on any atom is -0.481 e. The van der Waals surface area contributed by atoms with E-state index in [1.54, 1.807) is 6.07 Å². The third-order valence-corrected chi connectivity index (χ3v) is 5.57. The molecule has 1 fully saturated rings. The Labute approximate surface area is 162 Å². The summed E-state index contributed by atoms with van der Waals surface area (Å²) in [5.74, 6) is -1.11. The number of hydrogen-bond acceptors (Lipinski definition) is 2. The van der Waals surface area contributed by atoms with E-state index in [-0.39, 0.29) is 12.0 Å². The van der Waals surface area contributed by atoms with E-state index in [4.69, 9.17) is 34.8 Å². The van der Waals surface area contributed by atoms with Gasteiger partial charge in [0.2, 0.25) is 0 Å². The van der Waals surface area contributed by atoms with Crippen LogP contribution in [0.4, 0.5) is 0 Å². The summed E-state index contributed by atoms with van der Waals surface area (Å²) in [4.78, 5) is 13.7. The summed E-state index contributed by atoms with van der Waals surface area (Å²) in [7, 11) is 0. The van der Waals surface area contributed by atoms with Crippen molar-refractivity contribution in [1.29, 1.82) is 0 Å². The molecule has 1 N–H and O–H groups in total. The molecule has 0 bridgehead atoms. The first-order valence-corrected chi connectivity index (χ1v) is 9.26. The normalized spacial score (nSPS) is 19.6. The van der Waals surface area contributed by atoms with Crippen LogP contribution in [0.3, 0.4) is 0 Å². The van der Waals surface area contributed by atoms with Gasteiger partial charge in [-0.15, -0.1) is 0 Å². The van der Waals surface area contributed by atoms with Crippen LogP contribution in [0.15, 0.2) is 42.5 Å². The Bertz CT molecular complexity index is 781. The highest BCUT2D eigenvalue weighted by atomic mass is 35.5. The fourth-order valence-electron chi connectivity index (χ4n) is 3.42. The summed E-state index contributed by atoms with van der Waals surface area (Å²) in [5.41, 5.74) is 1.99. The van der Waals surface area contributed by atoms with Crippen molar-refractivity contribution in [3.8, 4) is 0 Å². The standard InChI is InChI=1S/C19H18Cl3NO2/c20-15-5-1-3-12(9-15)18(13-6-7-16(21)17(22)10-13)23-8-2-4-14(11-23)19(24)25/h1,3,5-7,9-10,14,18H,2,4,8,11H2,(H,24,25). The molecule has 6 heteroatoms. The smallest absolute Gasteiger partial charge is 0.307 e. The van der Waals surface area contributed by atoms with Gasteiger partial charge in [-0.2, -0.15) is 0 Å². The van der Waals surface area contributed by atoms with Gasteiger partial charge in [0.15, 0.2) is 0 Å². The number of piperidine rings is 1. The van der Waals surface area contributed by atoms with E-state index in [2.05, 4.69) is 4.90 Å². The number of likely N-dealkylation sites (tertiary alicyclic amines) is 1. The molecule has 0 aromatic heterocycles. The number of carboxylic acids is 1. The first-order chi connectivity index (χ1) is 12.0. The van der Waals surface area contributed by atoms with E-state index < -0.39 is 5.97 Å². The molecule has 25 heavy (non-hydrogen) atoms. The number of nitrogens with zero attached hydrogens (tertiary/aromatic N) is 1. The maximum absolute atomic E-state index is 11.5. The first kappa shape index (κ1) is 18.5. The predicted octanol–water partition coefficient (Wildman–Crippen LogP) is 5.53. The number of halogens is 3. The molecule has 1 heterocycles. The molecule has 0 radical (unpaired) electrons. The molecule has 1 saturated heterocycles. The number of benzene rings is 2. The highest BCUT2D eigenvalue weighted by Gasteiger charge is 2.31. The number of rotatable bonds is 4. The van der Waals surface area contributed by atoms with E-state index in [1.807, 2.05) is 36.4 Å². The molecular weight excluding hydrogens is 381 g/mol. The summed E-state index contributed by atoms with van der Waals surface area (Å²) < 4.78 is 0. The lowest BCUT2D eigenvalue weighted by atomic mass is 9.91. The lowest BCUT2D eigenvalue weighted by molar-refractivity contribution is -0.143. The van der Waals surface area contributed by atoms with Crippen molar-refractivity contribution >= 4 is 40.8 Å². The highest BCUT2D eigenvalue weighted by Crippen LogP contribution is 2.36. The number of hydrogen-bond donors (Lipinski definition) is 1. The van der Waals surface area contributed by atoms with Crippen molar-refractivity contribution in [2.45, 2.75) is 18.9 Å². The van der Waals surface area contributed by atoms with Gasteiger partial charge < -0.3 is 5.11 Å². The van der Waals surface area contributed by atoms with E-state index in [0.717, 1.165) is 24.1 Å². The van der Waals surface area contributed by atoms with Gasteiger partial charge in [-0.25, -0.2) is 0 Å². The second kappa shape index (κ2) is 7.96. The SMILES string of the molecule is O=C(O)C1CCCN(C(c2cccc(Cl)c2)c2ccc(Cl)c(Cl)c2)C1. The summed E-state index contributed by atoms with van der Waals surface area (Å²) in [6.45, 7) is 1.31. The molecular formula is C19H18Cl3NO2. The molecule has 2 aromatic rings. The van der Waals surface area contributed by atoms with Crippen molar-refractivity contribution in [2.24, 2.45) is 5.92 Å². The molecule has 3 rings (SSSR count). The third kappa shape index (κ3) is 4.29. The molecule has 1 aliphatic heterocycles. The van der Waals surface area contributed by atoms with Crippen molar-refractivity contribution in [2.75, 3.05) is 13.1 Å². The molecule has 1 aliphatic rings. The monoisotopic (exact) mass is 397 g/mol. The zero-order chi connectivity index (χ0) is 18.0. The fourth-order valence-corrected chi connectivity index (χ4v) is 3.92. The molecule has 0 spiro atoms. The van der Waals surface area contributed by atoms with Crippen LogP contribution in [0.5, 0.6) is 0 Å². The van der Waals surface area contributed by atoms with E-state index >= 15 is 0 Å². The van der Waals surface area contributed by atoms with Crippen molar-refractivity contribution in [3.63, 3.8) is 0 Å². The van der Waals surface area contributed by atoms with Crippen LogP contribution in [-0.4, -0.2) is 29.1 Å². The zero-order valence-corrected chi connectivity index (χ0v) is 15.7. The average molecular weight is 399 g/mol. The van der Waals surface area contributed by atoms with Gasteiger partial charge in [0, 0.05) is 11.6 Å². The summed E-state index contributed by atoms with van der Waals surface area (Å²) in [6, 6.07) is 13.1. The molecule has 0 aliphatic carbocycles. The van der Waals surface area contributed by atoms with E-state index in [9.17, 15) is 9.90 Å². The Morgan fingerprint density at radius 1 is 1.08 bits per heavy atom. The second-order valence-corrected chi connectivity index (χ2v) is 7.55. The van der Waals surface area contributed by atoms with E-state index in [1.165, 1.54) is 0 Å². The number of carbonyl (C=O) groups is 1. The maximum atomic E-state index is 11.5. The minimum atomic E-state index is -0.747. The van der Waals surface area contributed by atoms with Gasteiger partial charge in [0.25, 0.3) is 0 Å². The van der Waals surface area contributed by atoms with Gasteiger partial charge in [0.05, 0.1) is 22.0 Å². The molecule has 2 aromatic carbocycles. The van der Waals surface area contributed by atoms with Gasteiger partial charge in [-0.3, -0.25) is 9.69 Å². The maximum Gasteiger partial charge on any atom is 0.307 e. The number of carboxylic acid groups (broad SMARTS) is 1. The van der Waals surface area contributed by atoms with Gasteiger partial charge in [-0.1, -0.05) is 53.0 Å². The van der Waals surface area contributed by atoms with Crippen LogP contribution >= 0.6 is 34.8 Å². The molecule has 2 unspecified atom stereocenters. The highest BCUT2D eigenvalue weighted by molar-refractivity contribution is 6.42. The van der Waals surface area contributed by atoms with Crippen molar-refractivity contribution < 1.29 is 9.90 Å². The Morgan fingerprint density at radius 3 is 2.52 bits per heavy atom. The summed E-state index contributed by atoms with van der Waals surface area (Å²) in [5, 5.41) is 11.0. The van der Waals surface area contributed by atoms with Crippen LogP contribution in [0.2, 0.25) is 15.1 Å². The zero-order valence-electron chi connectivity index (χ0n) is 13.5. The van der Waals surface area contributed by atoms with Crippen LogP contribution in [0, 0.1) is 5.92 Å². The Kier molecular flexibility index (Phi) is 5.90. The quantitative estimate of drug-likeness (QED) is 0.736. The van der Waals surface area contributed by atoms with Crippen LogP contribution in [0.1, 0.15) is 30.0 Å². The Morgan fingerprint density at radius 2 is 1.84 bits per heavy atom. The van der Waals surface area contributed by atoms with Crippen molar-refractivity contribution in [3.05, 3.63) is 68.7 Å². The first-order valence-electron chi connectivity index (χ1n) is 8.13. The summed E-state index contributed by atoms with van der Waals surface area (Å²) >= 11 is 18.5.